The van der Waals surface area contributed by atoms with E-state index in [0.717, 1.165) is 24.2 Å². The summed E-state index contributed by atoms with van der Waals surface area (Å²) in [6.45, 7) is 1.41. The molecule has 6 heteroatoms. The fraction of sp³-hybridized carbons (Fsp3) is 0.643. The van der Waals surface area contributed by atoms with Gasteiger partial charge in [-0.25, -0.2) is 4.79 Å². The second kappa shape index (κ2) is 5.53. The molecule has 0 aromatic heterocycles. The highest BCUT2D eigenvalue weighted by Crippen LogP contribution is 2.38. The first kappa shape index (κ1) is 14.4. The Labute approximate surface area is 117 Å². The first-order valence-electron chi connectivity index (χ1n) is 6.74. The lowest BCUT2D eigenvalue weighted by molar-refractivity contribution is -0.147. The number of ether oxygens (including phenoxy) is 1. The molecule has 20 heavy (non-hydrogen) atoms. The Bertz CT molecular complexity index is 482. The van der Waals surface area contributed by atoms with Crippen molar-refractivity contribution < 1.29 is 19.1 Å². The molecule has 1 saturated heterocycles. The van der Waals surface area contributed by atoms with Crippen LogP contribution in [-0.2, 0) is 14.3 Å². The average Bonchev–Trinajstić information content (AvgIpc) is 2.65. The van der Waals surface area contributed by atoms with E-state index in [2.05, 4.69) is 11.2 Å². The zero-order valence-electron chi connectivity index (χ0n) is 11.5. The van der Waals surface area contributed by atoms with Crippen LogP contribution in [0, 0.1) is 18.3 Å². The summed E-state index contributed by atoms with van der Waals surface area (Å²) < 4.78 is 4.70. The van der Waals surface area contributed by atoms with Gasteiger partial charge in [0.2, 0.25) is 0 Å². The number of carbonyl (C=O) groups excluding carboxylic acids is 3. The topological polar surface area (TPSA) is 75.7 Å². The summed E-state index contributed by atoms with van der Waals surface area (Å²) >= 11 is 0. The molecule has 0 aromatic rings. The van der Waals surface area contributed by atoms with Crippen LogP contribution in [0.5, 0.6) is 0 Å². The molecule has 1 saturated carbocycles. The van der Waals surface area contributed by atoms with Gasteiger partial charge in [0.25, 0.3) is 5.91 Å². The number of esters is 1. The molecule has 0 bridgehead atoms. The van der Waals surface area contributed by atoms with Crippen molar-refractivity contribution in [3.8, 4) is 12.3 Å². The van der Waals surface area contributed by atoms with Crippen LogP contribution in [0.15, 0.2) is 0 Å². The van der Waals surface area contributed by atoms with E-state index in [0.29, 0.717) is 6.42 Å². The summed E-state index contributed by atoms with van der Waals surface area (Å²) in [6, 6.07) is -0.526. The normalized spacial score (nSPS) is 29.2. The Kier molecular flexibility index (Phi) is 3.98. The minimum Gasteiger partial charge on any atom is -0.451 e. The second-order valence-electron chi connectivity index (χ2n) is 5.30. The zero-order valence-corrected chi connectivity index (χ0v) is 11.5. The predicted octanol–water partition coefficient (Wildman–Crippen LogP) is 0.663. The summed E-state index contributed by atoms with van der Waals surface area (Å²) in [5.41, 5.74) is -0.846. The maximum Gasteiger partial charge on any atom is 0.327 e. The molecule has 2 unspecified atom stereocenters. The highest BCUT2D eigenvalue weighted by molar-refractivity contribution is 6.08. The number of rotatable bonds is 3. The van der Waals surface area contributed by atoms with Gasteiger partial charge in [0.1, 0.15) is 12.1 Å². The molecule has 1 aliphatic carbocycles. The standard InChI is InChI=1S/C14H18N2O4/c1-3-8-20-11(17)9-16-12(18)14(15-13(16)19)7-5-4-6-10(14)2/h1,10H,4-9H2,2H3,(H,15,19). The third kappa shape index (κ3) is 2.36. The van der Waals surface area contributed by atoms with Gasteiger partial charge < -0.3 is 10.1 Å². The Hall–Kier alpha value is -2.03. The van der Waals surface area contributed by atoms with E-state index in [1.807, 2.05) is 6.92 Å². The lowest BCUT2D eigenvalue weighted by Gasteiger charge is -2.36. The number of nitrogens with one attached hydrogen (secondary N) is 1. The monoisotopic (exact) mass is 278 g/mol. The number of hydrogen-bond acceptors (Lipinski definition) is 4. The molecule has 2 atom stereocenters. The van der Waals surface area contributed by atoms with Crippen LogP contribution >= 0.6 is 0 Å². The molecular weight excluding hydrogens is 260 g/mol. The van der Waals surface area contributed by atoms with Crippen molar-refractivity contribution >= 4 is 17.9 Å². The molecule has 1 N–H and O–H groups in total. The third-order valence-electron chi connectivity index (χ3n) is 4.11. The average molecular weight is 278 g/mol. The van der Waals surface area contributed by atoms with Gasteiger partial charge in [0, 0.05) is 0 Å². The fourth-order valence-corrected chi connectivity index (χ4v) is 2.94. The van der Waals surface area contributed by atoms with Gasteiger partial charge in [0.15, 0.2) is 6.61 Å². The minimum atomic E-state index is -0.846. The molecule has 0 radical (unpaired) electrons. The Morgan fingerprint density at radius 1 is 1.55 bits per heavy atom. The van der Waals surface area contributed by atoms with Crippen molar-refractivity contribution in [1.82, 2.24) is 10.2 Å². The summed E-state index contributed by atoms with van der Waals surface area (Å²) in [6.07, 6.45) is 8.44. The number of hydrogen-bond donors (Lipinski definition) is 1. The first-order valence-corrected chi connectivity index (χ1v) is 6.74. The van der Waals surface area contributed by atoms with E-state index >= 15 is 0 Å². The molecule has 1 aliphatic heterocycles. The van der Waals surface area contributed by atoms with Gasteiger partial charge >= 0.3 is 12.0 Å². The van der Waals surface area contributed by atoms with E-state index in [1.54, 1.807) is 0 Å². The van der Waals surface area contributed by atoms with Crippen molar-refractivity contribution in [2.45, 2.75) is 38.1 Å². The van der Waals surface area contributed by atoms with Gasteiger partial charge in [-0.15, -0.1) is 6.42 Å². The molecule has 6 nitrogen and oxygen atoms in total. The Balaban J connectivity index is 2.09. The number of imide groups is 1. The second-order valence-corrected chi connectivity index (χ2v) is 5.30. The highest BCUT2D eigenvalue weighted by atomic mass is 16.5. The van der Waals surface area contributed by atoms with Crippen LogP contribution in [-0.4, -0.2) is 41.5 Å². The summed E-state index contributed by atoms with van der Waals surface area (Å²) in [4.78, 5) is 36.9. The highest BCUT2D eigenvalue weighted by Gasteiger charge is 2.55. The van der Waals surface area contributed by atoms with Crippen molar-refractivity contribution in [2.24, 2.45) is 5.92 Å². The van der Waals surface area contributed by atoms with Crippen LogP contribution in [0.3, 0.4) is 0 Å². The van der Waals surface area contributed by atoms with Crippen molar-refractivity contribution in [3.05, 3.63) is 0 Å². The lowest BCUT2D eigenvalue weighted by Crippen LogP contribution is -2.54. The maximum atomic E-state index is 12.5. The van der Waals surface area contributed by atoms with Crippen molar-refractivity contribution in [2.75, 3.05) is 13.2 Å². The summed E-state index contributed by atoms with van der Waals surface area (Å²) in [7, 11) is 0. The molecule has 0 aromatic carbocycles. The predicted molar refractivity (Wildman–Crippen MR) is 70.4 cm³/mol. The van der Waals surface area contributed by atoms with E-state index in [9.17, 15) is 14.4 Å². The minimum absolute atomic E-state index is 0.0689. The van der Waals surface area contributed by atoms with Gasteiger partial charge in [-0.1, -0.05) is 25.7 Å². The molecule has 2 rings (SSSR count). The van der Waals surface area contributed by atoms with E-state index in [-0.39, 0.29) is 25.0 Å². The molecule has 1 spiro atoms. The number of carbonyl (C=O) groups is 3. The number of amides is 3. The maximum absolute atomic E-state index is 12.5. The van der Waals surface area contributed by atoms with Crippen molar-refractivity contribution in [1.29, 1.82) is 0 Å². The van der Waals surface area contributed by atoms with Crippen LogP contribution < -0.4 is 5.32 Å². The largest absolute Gasteiger partial charge is 0.451 e. The third-order valence-corrected chi connectivity index (χ3v) is 4.11. The van der Waals surface area contributed by atoms with Crippen molar-refractivity contribution in [3.63, 3.8) is 0 Å². The number of nitrogens with zero attached hydrogens (tertiary/aromatic N) is 1. The van der Waals surface area contributed by atoms with Crippen LogP contribution in [0.4, 0.5) is 4.79 Å². The van der Waals surface area contributed by atoms with Crippen LogP contribution in [0.25, 0.3) is 0 Å². The molecule has 2 fully saturated rings. The van der Waals surface area contributed by atoms with Gasteiger partial charge in [-0.2, -0.15) is 0 Å². The fourth-order valence-electron chi connectivity index (χ4n) is 2.94. The molecule has 2 aliphatic rings. The van der Waals surface area contributed by atoms with E-state index < -0.39 is 17.5 Å². The summed E-state index contributed by atoms with van der Waals surface area (Å²) in [5.74, 6) is 1.23. The van der Waals surface area contributed by atoms with E-state index in [1.165, 1.54) is 0 Å². The van der Waals surface area contributed by atoms with Gasteiger partial charge in [-0.05, 0) is 18.8 Å². The lowest BCUT2D eigenvalue weighted by atomic mass is 9.73. The van der Waals surface area contributed by atoms with Gasteiger partial charge in [0.05, 0.1) is 0 Å². The smallest absolute Gasteiger partial charge is 0.327 e. The molecule has 108 valence electrons. The van der Waals surface area contributed by atoms with Crippen LogP contribution in [0.1, 0.15) is 32.6 Å². The van der Waals surface area contributed by atoms with E-state index in [4.69, 9.17) is 11.2 Å². The SMILES string of the molecule is C#CCOC(=O)CN1C(=O)NC2(CCCCC2C)C1=O. The van der Waals surface area contributed by atoms with Crippen LogP contribution in [0.2, 0.25) is 0 Å². The molecule has 1 heterocycles. The first-order chi connectivity index (χ1) is 9.51. The zero-order chi connectivity index (χ0) is 14.8. The quantitative estimate of drug-likeness (QED) is 0.467. The Morgan fingerprint density at radius 3 is 2.95 bits per heavy atom. The number of urea groups is 1. The Morgan fingerprint density at radius 2 is 2.30 bits per heavy atom. The number of terminal acetylenes is 1. The molecule has 3 amide bonds. The summed E-state index contributed by atoms with van der Waals surface area (Å²) in [5, 5.41) is 2.77. The van der Waals surface area contributed by atoms with Gasteiger partial charge in [-0.3, -0.25) is 14.5 Å². The molecular formula is C14H18N2O4.